The van der Waals surface area contributed by atoms with Crippen LogP contribution in [-0.4, -0.2) is 26.9 Å². The molecule has 2 heterocycles. The van der Waals surface area contributed by atoms with Crippen molar-refractivity contribution >= 4 is 11.5 Å². The molecule has 0 radical (unpaired) electrons. The Morgan fingerprint density at radius 3 is 2.79 bits per heavy atom. The Bertz CT molecular complexity index is 677. The van der Waals surface area contributed by atoms with E-state index in [1.165, 1.54) is 0 Å². The third-order valence-corrected chi connectivity index (χ3v) is 2.79. The zero-order valence-corrected chi connectivity index (χ0v) is 10.4. The third-order valence-electron chi connectivity index (χ3n) is 2.79. The average molecular weight is 255 g/mol. The second-order valence-corrected chi connectivity index (χ2v) is 4.05. The lowest BCUT2D eigenvalue weighted by molar-refractivity contribution is 0.414. The minimum absolute atomic E-state index is 0.699. The first-order valence-corrected chi connectivity index (χ1v) is 5.89. The monoisotopic (exact) mass is 255 g/mol. The molecule has 6 heteroatoms. The molecule has 0 spiro atoms. The van der Waals surface area contributed by atoms with Crippen LogP contribution in [-0.2, 0) is 6.54 Å². The van der Waals surface area contributed by atoms with Crippen molar-refractivity contribution in [2.75, 3.05) is 12.4 Å². The molecule has 0 atom stereocenters. The number of benzene rings is 1. The number of nitrogens with one attached hydrogen (secondary N) is 1. The molecule has 0 amide bonds. The van der Waals surface area contributed by atoms with Gasteiger partial charge in [0.05, 0.1) is 7.11 Å². The molecule has 0 saturated heterocycles. The molecule has 0 unspecified atom stereocenters. The smallest absolute Gasteiger partial charge is 0.177 e. The van der Waals surface area contributed by atoms with E-state index < -0.39 is 0 Å². The second kappa shape index (κ2) is 4.93. The van der Waals surface area contributed by atoms with Gasteiger partial charge in [0.1, 0.15) is 17.9 Å². The van der Waals surface area contributed by atoms with Gasteiger partial charge in [-0.1, -0.05) is 12.1 Å². The largest absolute Gasteiger partial charge is 0.497 e. The molecule has 0 saturated carbocycles. The van der Waals surface area contributed by atoms with Gasteiger partial charge in [0.25, 0.3) is 0 Å². The molecule has 0 aliphatic rings. The average Bonchev–Trinajstić information content (AvgIpc) is 2.93. The van der Waals surface area contributed by atoms with Crippen LogP contribution >= 0.6 is 0 Å². The molecule has 2 aromatic heterocycles. The van der Waals surface area contributed by atoms with E-state index in [0.717, 1.165) is 22.8 Å². The van der Waals surface area contributed by atoms with Crippen molar-refractivity contribution in [2.24, 2.45) is 0 Å². The summed E-state index contributed by atoms with van der Waals surface area (Å²) < 4.78 is 6.76. The predicted molar refractivity (Wildman–Crippen MR) is 71.1 cm³/mol. The zero-order valence-electron chi connectivity index (χ0n) is 10.4. The number of aromatic nitrogens is 4. The molecular weight excluding hydrogens is 242 g/mol. The first-order valence-electron chi connectivity index (χ1n) is 5.89. The second-order valence-electron chi connectivity index (χ2n) is 4.05. The summed E-state index contributed by atoms with van der Waals surface area (Å²) in [7, 11) is 1.66. The zero-order chi connectivity index (χ0) is 13.1. The van der Waals surface area contributed by atoms with Gasteiger partial charge >= 0.3 is 0 Å². The Hall–Kier alpha value is -2.63. The Labute approximate surface area is 110 Å². The highest BCUT2D eigenvalue weighted by Crippen LogP contribution is 2.12. The molecule has 1 N–H and O–H groups in total. The molecule has 3 rings (SSSR count). The standard InChI is InChI=1S/C13H13N5O/c1-19-11-4-2-10(3-5-11)8-14-12-6-7-13-16-15-9-18(13)17-12/h2-7,9H,8H2,1H3,(H,14,17). The van der Waals surface area contributed by atoms with Gasteiger partial charge in [-0.2, -0.15) is 4.52 Å². The summed E-state index contributed by atoms with van der Waals surface area (Å²) in [4.78, 5) is 0. The highest BCUT2D eigenvalue weighted by Gasteiger charge is 1.99. The molecule has 3 aromatic rings. The van der Waals surface area contributed by atoms with Crippen LogP contribution < -0.4 is 10.1 Å². The van der Waals surface area contributed by atoms with Gasteiger partial charge in [-0.15, -0.1) is 15.3 Å². The maximum absolute atomic E-state index is 5.12. The lowest BCUT2D eigenvalue weighted by Crippen LogP contribution is -2.03. The van der Waals surface area contributed by atoms with Gasteiger partial charge in [0.2, 0.25) is 0 Å². The summed E-state index contributed by atoms with van der Waals surface area (Å²) in [5, 5.41) is 15.3. The molecule has 0 fully saturated rings. The van der Waals surface area contributed by atoms with E-state index in [2.05, 4.69) is 20.6 Å². The minimum atomic E-state index is 0.699. The number of rotatable bonds is 4. The fraction of sp³-hybridized carbons (Fsp3) is 0.154. The van der Waals surface area contributed by atoms with E-state index in [9.17, 15) is 0 Å². The maximum Gasteiger partial charge on any atom is 0.177 e. The van der Waals surface area contributed by atoms with Gasteiger partial charge in [-0.05, 0) is 29.8 Å². The molecule has 19 heavy (non-hydrogen) atoms. The summed E-state index contributed by atoms with van der Waals surface area (Å²) in [6.45, 7) is 0.699. The molecule has 0 aliphatic carbocycles. The van der Waals surface area contributed by atoms with Crippen LogP contribution in [0.1, 0.15) is 5.56 Å². The summed E-state index contributed by atoms with van der Waals surface area (Å²) in [6, 6.07) is 11.7. The van der Waals surface area contributed by atoms with Crippen LogP contribution in [0.15, 0.2) is 42.7 Å². The van der Waals surface area contributed by atoms with Crippen molar-refractivity contribution in [1.82, 2.24) is 19.8 Å². The Morgan fingerprint density at radius 1 is 1.16 bits per heavy atom. The van der Waals surface area contributed by atoms with E-state index in [1.807, 2.05) is 36.4 Å². The third kappa shape index (κ3) is 2.47. The van der Waals surface area contributed by atoms with Gasteiger partial charge < -0.3 is 10.1 Å². The number of anilines is 1. The number of fused-ring (bicyclic) bond motifs is 1. The van der Waals surface area contributed by atoms with E-state index in [1.54, 1.807) is 18.0 Å². The highest BCUT2D eigenvalue weighted by molar-refractivity contribution is 5.43. The van der Waals surface area contributed by atoms with Gasteiger partial charge in [0.15, 0.2) is 5.65 Å². The fourth-order valence-corrected chi connectivity index (χ4v) is 1.76. The molecule has 0 bridgehead atoms. The van der Waals surface area contributed by atoms with Crippen LogP contribution in [0.2, 0.25) is 0 Å². The molecule has 0 aliphatic heterocycles. The Morgan fingerprint density at radius 2 is 2.00 bits per heavy atom. The Kier molecular flexibility index (Phi) is 2.97. The molecule has 1 aromatic carbocycles. The van der Waals surface area contributed by atoms with Crippen LogP contribution in [0, 0.1) is 0 Å². The first kappa shape index (κ1) is 11.5. The number of nitrogens with zero attached hydrogens (tertiary/aromatic N) is 4. The molecule has 96 valence electrons. The lowest BCUT2D eigenvalue weighted by Gasteiger charge is -2.06. The Balaban J connectivity index is 1.70. The maximum atomic E-state index is 5.12. The van der Waals surface area contributed by atoms with E-state index in [4.69, 9.17) is 4.74 Å². The van der Waals surface area contributed by atoms with E-state index in [-0.39, 0.29) is 0 Å². The number of ether oxygens (including phenoxy) is 1. The molecule has 6 nitrogen and oxygen atoms in total. The van der Waals surface area contributed by atoms with Crippen molar-refractivity contribution < 1.29 is 4.74 Å². The van der Waals surface area contributed by atoms with Crippen LogP contribution in [0.3, 0.4) is 0 Å². The SMILES string of the molecule is COc1ccc(CNc2ccc3nncn3n2)cc1. The minimum Gasteiger partial charge on any atom is -0.497 e. The van der Waals surface area contributed by atoms with Gasteiger partial charge in [-0.25, -0.2) is 0 Å². The molecular formula is C13H13N5O. The van der Waals surface area contributed by atoms with E-state index in [0.29, 0.717) is 6.54 Å². The number of hydrogen-bond donors (Lipinski definition) is 1. The van der Waals surface area contributed by atoms with Gasteiger partial charge in [0, 0.05) is 6.54 Å². The highest BCUT2D eigenvalue weighted by atomic mass is 16.5. The fourth-order valence-electron chi connectivity index (χ4n) is 1.76. The predicted octanol–water partition coefficient (Wildman–Crippen LogP) is 1.74. The van der Waals surface area contributed by atoms with Crippen molar-refractivity contribution in [1.29, 1.82) is 0 Å². The summed E-state index contributed by atoms with van der Waals surface area (Å²) in [5.41, 5.74) is 1.89. The summed E-state index contributed by atoms with van der Waals surface area (Å²) in [5.74, 6) is 1.64. The summed E-state index contributed by atoms with van der Waals surface area (Å²) >= 11 is 0. The van der Waals surface area contributed by atoms with Crippen molar-refractivity contribution in [2.45, 2.75) is 6.54 Å². The van der Waals surface area contributed by atoms with Crippen molar-refractivity contribution in [3.05, 3.63) is 48.3 Å². The van der Waals surface area contributed by atoms with E-state index >= 15 is 0 Å². The normalized spacial score (nSPS) is 10.6. The van der Waals surface area contributed by atoms with Crippen molar-refractivity contribution in [3.8, 4) is 5.75 Å². The van der Waals surface area contributed by atoms with Crippen molar-refractivity contribution in [3.63, 3.8) is 0 Å². The number of hydrogen-bond acceptors (Lipinski definition) is 5. The van der Waals surface area contributed by atoms with Crippen LogP contribution in [0.25, 0.3) is 5.65 Å². The van der Waals surface area contributed by atoms with Crippen LogP contribution in [0.4, 0.5) is 5.82 Å². The lowest BCUT2D eigenvalue weighted by atomic mass is 10.2. The topological polar surface area (TPSA) is 64.3 Å². The first-order chi connectivity index (χ1) is 9.35. The quantitative estimate of drug-likeness (QED) is 0.769. The van der Waals surface area contributed by atoms with Crippen LogP contribution in [0.5, 0.6) is 5.75 Å². The summed E-state index contributed by atoms with van der Waals surface area (Å²) in [6.07, 6.45) is 1.58. The van der Waals surface area contributed by atoms with Gasteiger partial charge in [-0.3, -0.25) is 0 Å². The number of methoxy groups -OCH3 is 1.